The number of alkyl halides is 3. The maximum Gasteiger partial charge on any atom is 0.422 e. The fraction of sp³-hybridized carbons (Fsp3) is 0.381. The Morgan fingerprint density at radius 2 is 1.79 bits per heavy atom. The van der Waals surface area contributed by atoms with Crippen LogP contribution in [0.15, 0.2) is 42.5 Å². The van der Waals surface area contributed by atoms with Crippen LogP contribution in [0.3, 0.4) is 0 Å². The summed E-state index contributed by atoms with van der Waals surface area (Å²) in [5.74, 6) is -2.05. The van der Waals surface area contributed by atoms with Gasteiger partial charge in [0.05, 0.1) is 5.54 Å². The van der Waals surface area contributed by atoms with E-state index in [-0.39, 0.29) is 18.1 Å². The summed E-state index contributed by atoms with van der Waals surface area (Å²) < 4.78 is 68.6. The second kappa shape index (κ2) is 8.00. The van der Waals surface area contributed by atoms with E-state index in [0.29, 0.717) is 24.0 Å². The molecule has 0 heterocycles. The number of amides is 1. The molecule has 0 aromatic heterocycles. The maximum absolute atomic E-state index is 13.4. The quantitative estimate of drug-likeness (QED) is 0.634. The molecule has 0 saturated heterocycles. The third-order valence-electron chi connectivity index (χ3n) is 4.86. The van der Waals surface area contributed by atoms with Crippen LogP contribution >= 0.6 is 0 Å². The van der Waals surface area contributed by atoms with Crippen LogP contribution in [0.5, 0.6) is 5.75 Å². The van der Waals surface area contributed by atoms with Gasteiger partial charge in [-0.25, -0.2) is 8.78 Å². The van der Waals surface area contributed by atoms with Crippen LogP contribution in [-0.4, -0.2) is 18.7 Å². The zero-order valence-electron chi connectivity index (χ0n) is 15.7. The summed E-state index contributed by atoms with van der Waals surface area (Å²) in [5.41, 5.74) is 0.390. The summed E-state index contributed by atoms with van der Waals surface area (Å²) in [6.45, 7) is 0.302. The number of hydrogen-bond acceptors (Lipinski definition) is 2. The third kappa shape index (κ3) is 5.68. The third-order valence-corrected chi connectivity index (χ3v) is 4.86. The maximum atomic E-state index is 13.4. The Labute approximate surface area is 164 Å². The molecule has 29 heavy (non-hydrogen) atoms. The van der Waals surface area contributed by atoms with Gasteiger partial charge in [-0.05, 0) is 54.2 Å². The summed E-state index contributed by atoms with van der Waals surface area (Å²) in [6.07, 6.45) is -3.13. The Hall–Kier alpha value is -2.64. The molecule has 156 valence electrons. The normalized spacial score (nSPS) is 16.2. The van der Waals surface area contributed by atoms with Crippen molar-refractivity contribution in [2.45, 2.75) is 43.8 Å². The second-order valence-corrected chi connectivity index (χ2v) is 7.37. The summed E-state index contributed by atoms with van der Waals surface area (Å²) in [6, 6.07) is 9.36. The molecule has 2 aromatic carbocycles. The van der Waals surface area contributed by atoms with E-state index in [9.17, 15) is 26.7 Å². The van der Waals surface area contributed by atoms with E-state index in [1.165, 1.54) is 24.3 Å². The Balaban J connectivity index is 1.64. The second-order valence-electron chi connectivity index (χ2n) is 7.37. The summed E-state index contributed by atoms with van der Waals surface area (Å²) >= 11 is 0. The number of carbonyl (C=O) groups is 1. The number of halogens is 5. The lowest BCUT2D eigenvalue weighted by atomic mass is 9.96. The minimum Gasteiger partial charge on any atom is -0.484 e. The highest BCUT2D eigenvalue weighted by molar-refractivity contribution is 5.78. The van der Waals surface area contributed by atoms with E-state index in [4.69, 9.17) is 4.74 Å². The number of hydrogen-bond donors (Lipinski definition) is 1. The van der Waals surface area contributed by atoms with Crippen molar-refractivity contribution in [3.05, 3.63) is 65.2 Å². The first-order valence-corrected chi connectivity index (χ1v) is 9.13. The highest BCUT2D eigenvalue weighted by atomic mass is 19.4. The van der Waals surface area contributed by atoms with Crippen molar-refractivity contribution >= 4 is 5.91 Å². The Kier molecular flexibility index (Phi) is 5.82. The van der Waals surface area contributed by atoms with E-state index in [1.54, 1.807) is 19.1 Å². The lowest BCUT2D eigenvalue weighted by Crippen LogP contribution is -2.35. The van der Waals surface area contributed by atoms with Crippen LogP contribution in [-0.2, 0) is 10.3 Å². The van der Waals surface area contributed by atoms with E-state index < -0.39 is 35.9 Å². The molecular formula is C21H20F5NO2. The van der Waals surface area contributed by atoms with Crippen LogP contribution in [0.1, 0.15) is 43.2 Å². The molecule has 0 aliphatic heterocycles. The van der Waals surface area contributed by atoms with Gasteiger partial charge in [0, 0.05) is 12.5 Å². The van der Waals surface area contributed by atoms with E-state index in [0.717, 1.165) is 6.07 Å². The van der Waals surface area contributed by atoms with Gasteiger partial charge in [-0.3, -0.25) is 4.79 Å². The molecule has 1 amide bonds. The van der Waals surface area contributed by atoms with Gasteiger partial charge in [-0.2, -0.15) is 13.2 Å². The molecule has 1 fully saturated rings. The number of benzene rings is 2. The summed E-state index contributed by atoms with van der Waals surface area (Å²) in [7, 11) is 0. The van der Waals surface area contributed by atoms with E-state index in [1.807, 2.05) is 0 Å². The van der Waals surface area contributed by atoms with Crippen molar-refractivity contribution in [1.82, 2.24) is 5.32 Å². The Morgan fingerprint density at radius 1 is 1.14 bits per heavy atom. The zero-order chi connectivity index (χ0) is 21.2. The molecule has 0 bridgehead atoms. The number of rotatable bonds is 7. The van der Waals surface area contributed by atoms with Gasteiger partial charge in [-0.15, -0.1) is 0 Å². The predicted octanol–water partition coefficient (Wildman–Crippen LogP) is 5.21. The average Bonchev–Trinajstić information content (AvgIpc) is 3.39. The van der Waals surface area contributed by atoms with Gasteiger partial charge in [0.1, 0.15) is 17.4 Å². The summed E-state index contributed by atoms with van der Waals surface area (Å²) in [4.78, 5) is 12.5. The molecule has 3 rings (SSSR count). The van der Waals surface area contributed by atoms with E-state index in [2.05, 4.69) is 5.32 Å². The van der Waals surface area contributed by atoms with Crippen molar-refractivity contribution in [2.75, 3.05) is 6.61 Å². The topological polar surface area (TPSA) is 38.3 Å². The van der Waals surface area contributed by atoms with Crippen molar-refractivity contribution in [3.8, 4) is 5.75 Å². The molecular weight excluding hydrogens is 393 g/mol. The van der Waals surface area contributed by atoms with Gasteiger partial charge in [0.25, 0.3) is 0 Å². The first kappa shape index (κ1) is 21.1. The Bertz CT molecular complexity index is 873. The fourth-order valence-corrected chi connectivity index (χ4v) is 3.23. The molecule has 0 spiro atoms. The van der Waals surface area contributed by atoms with Crippen molar-refractivity contribution < 1.29 is 31.5 Å². The van der Waals surface area contributed by atoms with Gasteiger partial charge in [0.2, 0.25) is 5.91 Å². The highest BCUT2D eigenvalue weighted by Gasteiger charge is 2.46. The molecule has 1 saturated carbocycles. The Morgan fingerprint density at radius 3 is 2.38 bits per heavy atom. The minimum absolute atomic E-state index is 0.0227. The molecule has 2 aromatic rings. The highest BCUT2D eigenvalue weighted by Crippen LogP contribution is 2.46. The largest absolute Gasteiger partial charge is 0.484 e. The van der Waals surface area contributed by atoms with Gasteiger partial charge < -0.3 is 10.1 Å². The standard InChI is InChI=1S/C21H20F5NO2/c1-13(14-8-16(22)11-17(23)9-14)7-19(28)27-20(5-6-20)15-3-2-4-18(10-15)29-12-21(24,25)26/h2-4,8-11,13H,5-7,12H2,1H3,(H,27,28)/t13-/m1/s1. The van der Waals surface area contributed by atoms with Crippen molar-refractivity contribution in [2.24, 2.45) is 0 Å². The van der Waals surface area contributed by atoms with Crippen LogP contribution < -0.4 is 10.1 Å². The van der Waals surface area contributed by atoms with Crippen LogP contribution in [0, 0.1) is 11.6 Å². The fourth-order valence-electron chi connectivity index (χ4n) is 3.23. The molecule has 0 unspecified atom stereocenters. The lowest BCUT2D eigenvalue weighted by molar-refractivity contribution is -0.153. The average molecular weight is 413 g/mol. The van der Waals surface area contributed by atoms with Crippen LogP contribution in [0.2, 0.25) is 0 Å². The predicted molar refractivity (Wildman–Crippen MR) is 96.4 cm³/mol. The van der Waals surface area contributed by atoms with Gasteiger partial charge >= 0.3 is 6.18 Å². The minimum atomic E-state index is -4.44. The van der Waals surface area contributed by atoms with Gasteiger partial charge in [-0.1, -0.05) is 19.1 Å². The van der Waals surface area contributed by atoms with Crippen LogP contribution in [0.25, 0.3) is 0 Å². The molecule has 8 heteroatoms. The SMILES string of the molecule is C[C@H](CC(=O)NC1(c2cccc(OCC(F)(F)F)c2)CC1)c1cc(F)cc(F)c1. The first-order valence-electron chi connectivity index (χ1n) is 9.13. The molecule has 3 nitrogen and oxygen atoms in total. The van der Waals surface area contributed by atoms with Crippen molar-refractivity contribution in [1.29, 1.82) is 0 Å². The molecule has 1 aliphatic carbocycles. The number of carbonyl (C=O) groups excluding carboxylic acids is 1. The molecule has 1 aliphatic rings. The van der Waals surface area contributed by atoms with Crippen molar-refractivity contribution in [3.63, 3.8) is 0 Å². The number of ether oxygens (including phenoxy) is 1. The summed E-state index contributed by atoms with van der Waals surface area (Å²) in [5, 5.41) is 2.91. The monoisotopic (exact) mass is 413 g/mol. The van der Waals surface area contributed by atoms with Gasteiger partial charge in [0.15, 0.2) is 6.61 Å². The van der Waals surface area contributed by atoms with Crippen LogP contribution in [0.4, 0.5) is 22.0 Å². The van der Waals surface area contributed by atoms with E-state index >= 15 is 0 Å². The zero-order valence-corrected chi connectivity index (χ0v) is 15.7. The molecule has 1 atom stereocenters. The molecule has 0 radical (unpaired) electrons. The number of nitrogens with one attached hydrogen (secondary N) is 1. The lowest BCUT2D eigenvalue weighted by Gasteiger charge is -2.21. The first-order chi connectivity index (χ1) is 13.6. The molecule has 1 N–H and O–H groups in total. The smallest absolute Gasteiger partial charge is 0.422 e.